The van der Waals surface area contributed by atoms with E-state index in [1.54, 1.807) is 0 Å². The molecule has 2 N–H and O–H groups in total. The third-order valence-corrected chi connectivity index (χ3v) is 3.11. The van der Waals surface area contributed by atoms with Gasteiger partial charge in [-0.1, -0.05) is 5.92 Å². The van der Waals surface area contributed by atoms with Gasteiger partial charge in [-0.25, -0.2) is 4.79 Å². The van der Waals surface area contributed by atoms with Crippen molar-refractivity contribution in [2.45, 2.75) is 25.6 Å². The fraction of sp³-hybridized carbons (Fsp3) is 0.667. The monoisotopic (exact) mass is 250 g/mol. The number of ether oxygens (including phenoxy) is 2. The molecule has 0 aromatic heterocycles. The third kappa shape index (κ3) is 3.90. The van der Waals surface area contributed by atoms with Gasteiger partial charge in [-0.15, -0.1) is 6.42 Å². The van der Waals surface area contributed by atoms with E-state index < -0.39 is 28.7 Å². The van der Waals surface area contributed by atoms with E-state index >= 15 is 0 Å². The van der Waals surface area contributed by atoms with E-state index in [1.165, 1.54) is 13.8 Å². The minimum absolute atomic E-state index is 0.0616. The molecule has 16 heavy (non-hydrogen) atoms. The van der Waals surface area contributed by atoms with Crippen LogP contribution in [0.5, 0.6) is 0 Å². The summed E-state index contributed by atoms with van der Waals surface area (Å²) < 4.78 is 32.5. The van der Waals surface area contributed by atoms with Gasteiger partial charge in [-0.3, -0.25) is 4.18 Å². The molecule has 0 spiro atoms. The van der Waals surface area contributed by atoms with Crippen LogP contribution >= 0.6 is 10.9 Å². The van der Waals surface area contributed by atoms with Crippen LogP contribution in [0.4, 0.5) is 4.79 Å². The van der Waals surface area contributed by atoms with Crippen molar-refractivity contribution in [2.75, 3.05) is 12.4 Å². The Bertz CT molecular complexity index is 318. The van der Waals surface area contributed by atoms with Gasteiger partial charge in [0.1, 0.15) is 12.7 Å². The normalized spacial score (nSPS) is 25.6. The highest BCUT2D eigenvalue weighted by molar-refractivity contribution is 8.20. The van der Waals surface area contributed by atoms with E-state index in [1.807, 2.05) is 0 Å². The molecule has 0 radical (unpaired) electrons. The standard InChI is InChI=1S/C9H14O6S/c1-4-9(2,3)15-8(10)14-7-5-13-16(11,12)6-7/h1,7,11-12H,5-6H2,2-3H3. The Balaban J connectivity index is 2.40. The third-order valence-electron chi connectivity index (χ3n) is 1.79. The maximum absolute atomic E-state index is 11.2. The summed E-state index contributed by atoms with van der Waals surface area (Å²) in [6.07, 6.45) is 3.46. The van der Waals surface area contributed by atoms with Crippen LogP contribution in [0.25, 0.3) is 0 Å². The van der Waals surface area contributed by atoms with E-state index in [-0.39, 0.29) is 12.4 Å². The Labute approximate surface area is 95.4 Å². The number of hydrogen-bond donors (Lipinski definition) is 2. The lowest BCUT2D eigenvalue weighted by Gasteiger charge is -2.20. The van der Waals surface area contributed by atoms with Crippen LogP contribution in [0.3, 0.4) is 0 Å². The zero-order valence-corrected chi connectivity index (χ0v) is 9.82. The van der Waals surface area contributed by atoms with Gasteiger partial charge in [0, 0.05) is 0 Å². The van der Waals surface area contributed by atoms with Crippen LogP contribution in [0.1, 0.15) is 13.8 Å². The largest absolute Gasteiger partial charge is 0.510 e. The van der Waals surface area contributed by atoms with E-state index in [9.17, 15) is 4.79 Å². The molecule has 1 heterocycles. The van der Waals surface area contributed by atoms with Crippen LogP contribution in [-0.4, -0.2) is 39.3 Å². The van der Waals surface area contributed by atoms with Crippen molar-refractivity contribution in [2.24, 2.45) is 0 Å². The van der Waals surface area contributed by atoms with Crippen molar-refractivity contribution in [1.29, 1.82) is 0 Å². The number of carbonyl (C=O) groups excluding carboxylic acids is 1. The predicted octanol–water partition coefficient (Wildman–Crippen LogP) is 1.62. The molecule has 1 aliphatic heterocycles. The second-order valence-electron chi connectivity index (χ2n) is 3.80. The SMILES string of the molecule is C#CC(C)(C)OC(=O)OC1COS(O)(O)C1. The summed E-state index contributed by atoms with van der Waals surface area (Å²) in [7, 11) is -3.06. The zero-order chi connectivity index (χ0) is 12.4. The predicted molar refractivity (Wildman–Crippen MR) is 57.9 cm³/mol. The fourth-order valence-corrected chi connectivity index (χ4v) is 2.10. The molecule has 1 rings (SSSR count). The first kappa shape index (κ1) is 13.1. The molecule has 1 fully saturated rings. The van der Waals surface area contributed by atoms with E-state index in [0.717, 1.165) is 0 Å². The van der Waals surface area contributed by atoms with Gasteiger partial charge < -0.3 is 18.6 Å². The summed E-state index contributed by atoms with van der Waals surface area (Å²) in [5.74, 6) is 2.13. The van der Waals surface area contributed by atoms with Gasteiger partial charge >= 0.3 is 6.16 Å². The lowest BCUT2D eigenvalue weighted by molar-refractivity contribution is -0.0119. The maximum atomic E-state index is 11.2. The second-order valence-corrected chi connectivity index (χ2v) is 5.59. The first-order chi connectivity index (χ1) is 7.24. The Kier molecular flexibility index (Phi) is 3.70. The average molecular weight is 250 g/mol. The number of terminal acetylenes is 1. The van der Waals surface area contributed by atoms with Crippen LogP contribution in [0.2, 0.25) is 0 Å². The smallest absolute Gasteiger partial charge is 0.427 e. The van der Waals surface area contributed by atoms with E-state index in [0.29, 0.717) is 0 Å². The first-order valence-corrected chi connectivity index (χ1v) is 6.16. The number of rotatable bonds is 2. The van der Waals surface area contributed by atoms with Crippen molar-refractivity contribution < 1.29 is 27.6 Å². The minimum atomic E-state index is -3.06. The molecule has 0 amide bonds. The van der Waals surface area contributed by atoms with E-state index in [2.05, 4.69) is 10.1 Å². The average Bonchev–Trinajstić information content (AvgIpc) is 2.44. The second kappa shape index (κ2) is 4.51. The summed E-state index contributed by atoms with van der Waals surface area (Å²) in [6, 6.07) is 0. The summed E-state index contributed by atoms with van der Waals surface area (Å²) >= 11 is 0. The highest BCUT2D eigenvalue weighted by atomic mass is 32.3. The van der Waals surface area contributed by atoms with Crippen molar-refractivity contribution >= 4 is 17.0 Å². The molecule has 1 aliphatic rings. The summed E-state index contributed by atoms with van der Waals surface area (Å²) in [5.41, 5.74) is -1.06. The van der Waals surface area contributed by atoms with Crippen LogP contribution < -0.4 is 0 Å². The Hall–Kier alpha value is -0.940. The van der Waals surface area contributed by atoms with Crippen LogP contribution in [-0.2, 0) is 13.7 Å². The Morgan fingerprint density at radius 3 is 2.69 bits per heavy atom. The molecule has 0 aliphatic carbocycles. The quantitative estimate of drug-likeness (QED) is 0.572. The molecule has 0 saturated carbocycles. The zero-order valence-electron chi connectivity index (χ0n) is 9.00. The topological polar surface area (TPSA) is 85.2 Å². The van der Waals surface area contributed by atoms with Gasteiger partial charge in [-0.05, 0) is 13.8 Å². The van der Waals surface area contributed by atoms with Gasteiger partial charge in [0.2, 0.25) is 0 Å². The van der Waals surface area contributed by atoms with Gasteiger partial charge in [0.05, 0.1) is 16.6 Å². The highest BCUT2D eigenvalue weighted by Gasteiger charge is 2.36. The molecule has 1 saturated heterocycles. The molecule has 6 nitrogen and oxygen atoms in total. The van der Waals surface area contributed by atoms with E-state index in [4.69, 9.17) is 25.0 Å². The van der Waals surface area contributed by atoms with Gasteiger partial charge in [-0.2, -0.15) is 0 Å². The van der Waals surface area contributed by atoms with Gasteiger partial charge in [0.15, 0.2) is 5.60 Å². The summed E-state index contributed by atoms with van der Waals surface area (Å²) in [6.45, 7) is 3.01. The molecule has 0 aromatic carbocycles. The van der Waals surface area contributed by atoms with Crippen molar-refractivity contribution in [3.8, 4) is 12.3 Å². The Morgan fingerprint density at radius 2 is 2.25 bits per heavy atom. The summed E-state index contributed by atoms with van der Waals surface area (Å²) in [4.78, 5) is 11.2. The molecule has 1 atom stereocenters. The highest BCUT2D eigenvalue weighted by Crippen LogP contribution is 2.46. The van der Waals surface area contributed by atoms with Crippen LogP contribution in [0, 0.1) is 12.3 Å². The summed E-state index contributed by atoms with van der Waals surface area (Å²) in [5, 5.41) is 0. The van der Waals surface area contributed by atoms with Crippen LogP contribution in [0.15, 0.2) is 0 Å². The Morgan fingerprint density at radius 1 is 1.62 bits per heavy atom. The lowest BCUT2D eigenvalue weighted by Crippen LogP contribution is -2.30. The number of hydrogen-bond acceptors (Lipinski definition) is 6. The first-order valence-electron chi connectivity index (χ1n) is 4.52. The van der Waals surface area contributed by atoms with Crippen molar-refractivity contribution in [3.63, 3.8) is 0 Å². The maximum Gasteiger partial charge on any atom is 0.510 e. The molecular formula is C9H14O6S. The minimum Gasteiger partial charge on any atom is -0.427 e. The van der Waals surface area contributed by atoms with Gasteiger partial charge in [0.25, 0.3) is 0 Å². The van der Waals surface area contributed by atoms with Crippen molar-refractivity contribution in [1.82, 2.24) is 0 Å². The molecule has 0 aromatic rings. The molecule has 92 valence electrons. The molecule has 7 heteroatoms. The molecular weight excluding hydrogens is 236 g/mol. The molecule has 0 bridgehead atoms. The lowest BCUT2D eigenvalue weighted by atomic mass is 10.2. The fourth-order valence-electron chi connectivity index (χ4n) is 0.989. The van der Waals surface area contributed by atoms with Crippen molar-refractivity contribution in [3.05, 3.63) is 0 Å². The number of carbonyl (C=O) groups is 1. The molecule has 1 unspecified atom stereocenters.